The number of ether oxygens (including phenoxy) is 1. The summed E-state index contributed by atoms with van der Waals surface area (Å²) in [6, 6.07) is 6.31. The Kier molecular flexibility index (Phi) is 5.01. The van der Waals surface area contributed by atoms with Crippen LogP contribution in [0.15, 0.2) is 36.7 Å². The van der Waals surface area contributed by atoms with E-state index in [1.807, 2.05) is 30.5 Å². The fraction of sp³-hybridized carbons (Fsp3) is 0.421. The quantitative estimate of drug-likeness (QED) is 0.712. The molecule has 28 heavy (non-hydrogen) atoms. The van der Waals surface area contributed by atoms with Crippen LogP contribution in [0.3, 0.4) is 0 Å². The Balaban J connectivity index is 1.45. The molecule has 3 heterocycles. The zero-order chi connectivity index (χ0) is 19.7. The molecule has 2 aliphatic rings. The summed E-state index contributed by atoms with van der Waals surface area (Å²) in [6.07, 6.45) is 3.74. The molecule has 2 atom stereocenters. The number of rotatable bonds is 5. The molecule has 2 N–H and O–H groups in total. The van der Waals surface area contributed by atoms with Crippen LogP contribution in [-0.4, -0.2) is 81.9 Å². The maximum absolute atomic E-state index is 12.3. The minimum absolute atomic E-state index is 0.212. The topological polar surface area (TPSA) is 99.9 Å². The second-order valence-corrected chi connectivity index (χ2v) is 6.99. The van der Waals surface area contributed by atoms with Gasteiger partial charge in [0, 0.05) is 37.9 Å². The van der Waals surface area contributed by atoms with Gasteiger partial charge in [0.25, 0.3) is 0 Å². The Bertz CT molecular complexity index is 883. The van der Waals surface area contributed by atoms with Gasteiger partial charge in [-0.05, 0) is 12.1 Å². The van der Waals surface area contributed by atoms with E-state index in [2.05, 4.69) is 15.3 Å². The number of hydrogen-bond donors (Lipinski definition) is 2. The maximum atomic E-state index is 12.3. The molecule has 0 unspecified atom stereocenters. The van der Waals surface area contributed by atoms with Gasteiger partial charge < -0.3 is 20.1 Å². The van der Waals surface area contributed by atoms with Gasteiger partial charge in [0.15, 0.2) is 0 Å². The third-order valence-corrected chi connectivity index (χ3v) is 5.22. The zero-order valence-corrected chi connectivity index (χ0v) is 15.6. The molecule has 0 aliphatic carbocycles. The van der Waals surface area contributed by atoms with Gasteiger partial charge >= 0.3 is 0 Å². The van der Waals surface area contributed by atoms with E-state index in [1.165, 1.54) is 0 Å². The van der Waals surface area contributed by atoms with Gasteiger partial charge in [-0.25, -0.2) is 4.68 Å². The average molecular weight is 385 g/mol. The first-order valence-electron chi connectivity index (χ1n) is 9.21. The van der Waals surface area contributed by atoms with Crippen LogP contribution in [0.5, 0.6) is 5.75 Å². The van der Waals surface area contributed by atoms with Crippen molar-refractivity contribution in [2.75, 3.05) is 33.4 Å². The minimum atomic E-state index is -0.825. The highest BCUT2D eigenvalue weighted by Gasteiger charge is 2.43. The summed E-state index contributed by atoms with van der Waals surface area (Å²) in [5.74, 6) is 0.311. The Morgan fingerprint density at radius 3 is 2.89 bits per heavy atom. The number of amides is 2. The number of piperazine rings is 2. The van der Waals surface area contributed by atoms with Crippen molar-refractivity contribution in [3.63, 3.8) is 0 Å². The number of aliphatic hydroxyl groups excluding tert-OH is 1. The number of carbonyl (C=O) groups is 2. The molecule has 9 nitrogen and oxygen atoms in total. The first-order valence-corrected chi connectivity index (χ1v) is 9.21. The van der Waals surface area contributed by atoms with E-state index in [9.17, 15) is 14.7 Å². The molecular weight excluding hydrogens is 362 g/mol. The third kappa shape index (κ3) is 3.34. The van der Waals surface area contributed by atoms with Gasteiger partial charge in [0.2, 0.25) is 11.8 Å². The fourth-order valence-electron chi connectivity index (χ4n) is 3.78. The molecule has 0 saturated carbocycles. The van der Waals surface area contributed by atoms with Gasteiger partial charge in [-0.3, -0.25) is 14.5 Å². The zero-order valence-electron chi connectivity index (χ0n) is 15.6. The molecule has 1 aromatic carbocycles. The van der Waals surface area contributed by atoms with Crippen LogP contribution in [0.4, 0.5) is 0 Å². The molecule has 0 spiro atoms. The molecule has 4 rings (SSSR count). The van der Waals surface area contributed by atoms with Gasteiger partial charge in [-0.2, -0.15) is 5.10 Å². The number of nitrogens with one attached hydrogen (secondary N) is 1. The SMILES string of the molecule is COc1ccccc1-n1cc(CN2CCN3C(=O)[C@H](CO)NC(=O)[C@H]3C2)cn1. The number of nitrogens with zero attached hydrogens (tertiary/aromatic N) is 4. The molecule has 2 aliphatic heterocycles. The van der Waals surface area contributed by atoms with Crippen LogP contribution >= 0.6 is 0 Å². The highest BCUT2D eigenvalue weighted by atomic mass is 16.5. The molecule has 0 bridgehead atoms. The lowest BCUT2D eigenvalue weighted by molar-refractivity contribution is -0.154. The summed E-state index contributed by atoms with van der Waals surface area (Å²) < 4.78 is 7.16. The number of fused-ring (bicyclic) bond motifs is 1. The standard InChI is InChI=1S/C19H23N5O4/c1-28-17-5-3-2-4-15(17)24-10-13(8-20-24)9-22-6-7-23-16(11-22)18(26)21-14(12-25)19(23)27/h2-5,8,10,14,16,25H,6-7,9,11-12H2,1H3,(H,21,26)/t14-,16+/m0/s1. The van der Waals surface area contributed by atoms with E-state index in [4.69, 9.17) is 4.74 Å². The van der Waals surface area contributed by atoms with E-state index < -0.39 is 12.1 Å². The lowest BCUT2D eigenvalue weighted by Gasteiger charge is -2.44. The summed E-state index contributed by atoms with van der Waals surface area (Å²) in [5, 5.41) is 16.3. The van der Waals surface area contributed by atoms with E-state index >= 15 is 0 Å². The molecule has 1 aromatic heterocycles. The highest BCUT2D eigenvalue weighted by Crippen LogP contribution is 2.22. The normalized spacial score (nSPS) is 22.7. The second kappa shape index (κ2) is 7.61. The Morgan fingerprint density at radius 1 is 1.29 bits per heavy atom. The van der Waals surface area contributed by atoms with Crippen LogP contribution in [0.25, 0.3) is 5.69 Å². The van der Waals surface area contributed by atoms with E-state index in [1.54, 1.807) is 22.9 Å². The van der Waals surface area contributed by atoms with Crippen LogP contribution < -0.4 is 10.1 Å². The lowest BCUT2D eigenvalue weighted by Crippen LogP contribution is -2.69. The van der Waals surface area contributed by atoms with Gasteiger partial charge in [-0.15, -0.1) is 0 Å². The van der Waals surface area contributed by atoms with E-state index in [-0.39, 0.29) is 18.4 Å². The van der Waals surface area contributed by atoms with Gasteiger partial charge in [0.1, 0.15) is 23.5 Å². The Hall–Kier alpha value is -2.91. The number of aromatic nitrogens is 2. The monoisotopic (exact) mass is 385 g/mol. The summed E-state index contributed by atoms with van der Waals surface area (Å²) in [4.78, 5) is 28.4. The number of aliphatic hydroxyl groups is 1. The minimum Gasteiger partial charge on any atom is -0.494 e. The van der Waals surface area contributed by atoms with Crippen LogP contribution in [0.2, 0.25) is 0 Å². The Morgan fingerprint density at radius 2 is 2.11 bits per heavy atom. The van der Waals surface area contributed by atoms with Gasteiger partial charge in [-0.1, -0.05) is 12.1 Å². The van der Waals surface area contributed by atoms with Crippen molar-refractivity contribution in [1.82, 2.24) is 24.9 Å². The van der Waals surface area contributed by atoms with Crippen LogP contribution in [0, 0.1) is 0 Å². The average Bonchev–Trinajstić information content (AvgIpc) is 3.18. The lowest BCUT2D eigenvalue weighted by atomic mass is 10.0. The van der Waals surface area contributed by atoms with Crippen molar-refractivity contribution in [1.29, 1.82) is 0 Å². The predicted octanol–water partition coefficient (Wildman–Crippen LogP) is -0.616. The van der Waals surface area contributed by atoms with Crippen molar-refractivity contribution < 1.29 is 19.4 Å². The van der Waals surface area contributed by atoms with Crippen molar-refractivity contribution in [3.05, 3.63) is 42.2 Å². The van der Waals surface area contributed by atoms with Crippen LogP contribution in [-0.2, 0) is 16.1 Å². The maximum Gasteiger partial charge on any atom is 0.248 e. The molecule has 2 saturated heterocycles. The molecule has 2 fully saturated rings. The molecule has 0 radical (unpaired) electrons. The predicted molar refractivity (Wildman–Crippen MR) is 99.9 cm³/mol. The smallest absolute Gasteiger partial charge is 0.248 e. The number of benzene rings is 1. The molecule has 148 valence electrons. The summed E-state index contributed by atoms with van der Waals surface area (Å²) in [6.45, 7) is 1.83. The first-order chi connectivity index (χ1) is 13.6. The summed E-state index contributed by atoms with van der Waals surface area (Å²) >= 11 is 0. The van der Waals surface area contributed by atoms with Crippen molar-refractivity contribution >= 4 is 11.8 Å². The summed E-state index contributed by atoms with van der Waals surface area (Å²) in [7, 11) is 1.63. The second-order valence-electron chi connectivity index (χ2n) is 6.99. The number of methoxy groups -OCH3 is 1. The largest absolute Gasteiger partial charge is 0.494 e. The van der Waals surface area contributed by atoms with E-state index in [0.717, 1.165) is 17.0 Å². The Labute approximate surface area is 162 Å². The van der Waals surface area contributed by atoms with Crippen LogP contribution in [0.1, 0.15) is 5.56 Å². The number of para-hydroxylation sites is 2. The van der Waals surface area contributed by atoms with E-state index in [0.29, 0.717) is 26.2 Å². The van der Waals surface area contributed by atoms with Crippen molar-refractivity contribution in [3.8, 4) is 11.4 Å². The number of carbonyl (C=O) groups excluding carboxylic acids is 2. The molecule has 9 heteroatoms. The van der Waals surface area contributed by atoms with Crippen molar-refractivity contribution in [2.24, 2.45) is 0 Å². The fourth-order valence-corrected chi connectivity index (χ4v) is 3.78. The van der Waals surface area contributed by atoms with Crippen molar-refractivity contribution in [2.45, 2.75) is 18.6 Å². The highest BCUT2D eigenvalue weighted by molar-refractivity contribution is 5.97. The van der Waals surface area contributed by atoms with Gasteiger partial charge in [0.05, 0.1) is 19.9 Å². The molecular formula is C19H23N5O4. The first kappa shape index (κ1) is 18.5. The molecule has 2 amide bonds. The number of hydrogen-bond acceptors (Lipinski definition) is 6. The molecule has 2 aromatic rings. The summed E-state index contributed by atoms with van der Waals surface area (Å²) in [5.41, 5.74) is 1.86. The third-order valence-electron chi connectivity index (χ3n) is 5.22.